The van der Waals surface area contributed by atoms with Gasteiger partial charge in [0.15, 0.2) is 15.8 Å². The van der Waals surface area contributed by atoms with Crippen LogP contribution in [0.5, 0.6) is 0 Å². The van der Waals surface area contributed by atoms with Crippen LogP contribution in [0.4, 0.5) is 4.39 Å². The first-order chi connectivity index (χ1) is 13.3. The number of halogens is 2. The molecule has 1 aromatic rings. The van der Waals surface area contributed by atoms with E-state index in [1.165, 1.54) is 18.2 Å². The summed E-state index contributed by atoms with van der Waals surface area (Å²) in [6, 6.07) is 5.78. The summed E-state index contributed by atoms with van der Waals surface area (Å²) in [5.74, 6) is 0.343. The van der Waals surface area contributed by atoms with Gasteiger partial charge in [-0.25, -0.2) is 12.8 Å². The van der Waals surface area contributed by atoms with Gasteiger partial charge in [-0.3, -0.25) is 4.99 Å². The average Bonchev–Trinajstić information content (AvgIpc) is 2.63. The zero-order valence-electron chi connectivity index (χ0n) is 17.5. The Morgan fingerprint density at radius 3 is 2.52 bits per heavy atom. The molecule has 1 heterocycles. The molecule has 0 saturated carbocycles. The number of nitrogens with one attached hydrogen (secondary N) is 2. The molecule has 29 heavy (non-hydrogen) atoms. The smallest absolute Gasteiger partial charge is 0.191 e. The Morgan fingerprint density at radius 2 is 1.93 bits per heavy atom. The molecule has 166 valence electrons. The number of hydrogen-bond acceptors (Lipinski definition) is 4. The van der Waals surface area contributed by atoms with Crippen LogP contribution in [-0.4, -0.2) is 63.8 Å². The largest absolute Gasteiger partial charge is 0.357 e. The monoisotopic (exact) mass is 540 g/mol. The third-order valence-electron chi connectivity index (χ3n) is 4.70. The average molecular weight is 540 g/mol. The van der Waals surface area contributed by atoms with Crippen LogP contribution in [0.25, 0.3) is 0 Å². The molecule has 0 aliphatic carbocycles. The van der Waals surface area contributed by atoms with Gasteiger partial charge in [-0.1, -0.05) is 26.0 Å². The van der Waals surface area contributed by atoms with E-state index in [9.17, 15) is 12.8 Å². The topological polar surface area (TPSA) is 73.8 Å². The van der Waals surface area contributed by atoms with Crippen LogP contribution < -0.4 is 10.6 Å². The van der Waals surface area contributed by atoms with Gasteiger partial charge >= 0.3 is 0 Å². The lowest BCUT2D eigenvalue weighted by Gasteiger charge is -2.34. The fourth-order valence-corrected chi connectivity index (χ4v) is 4.58. The third-order valence-corrected chi connectivity index (χ3v) is 6.42. The van der Waals surface area contributed by atoms with Crippen molar-refractivity contribution < 1.29 is 12.8 Å². The van der Waals surface area contributed by atoms with E-state index in [1.54, 1.807) is 0 Å². The SMILES string of the molecule is CCNC(=NCCS(=O)(=O)c1ccccc1F)NC1CCN(CC(C)C)CC1.I. The highest BCUT2D eigenvalue weighted by atomic mass is 127. The van der Waals surface area contributed by atoms with Crippen LogP contribution in [0.2, 0.25) is 0 Å². The first-order valence-electron chi connectivity index (χ1n) is 10.1. The fourth-order valence-electron chi connectivity index (χ4n) is 3.37. The number of nitrogens with zero attached hydrogens (tertiary/aromatic N) is 2. The van der Waals surface area contributed by atoms with E-state index >= 15 is 0 Å². The molecule has 2 N–H and O–H groups in total. The highest BCUT2D eigenvalue weighted by Crippen LogP contribution is 2.15. The molecule has 1 fully saturated rings. The van der Waals surface area contributed by atoms with Crippen molar-refractivity contribution in [3.63, 3.8) is 0 Å². The van der Waals surface area contributed by atoms with E-state index in [-0.39, 0.29) is 41.2 Å². The lowest BCUT2D eigenvalue weighted by molar-refractivity contribution is 0.187. The Balaban J connectivity index is 0.00000420. The molecule has 1 aliphatic heterocycles. The summed E-state index contributed by atoms with van der Waals surface area (Å²) in [5, 5.41) is 6.58. The normalized spacial score (nSPS) is 16.5. The van der Waals surface area contributed by atoms with Gasteiger partial charge in [-0.2, -0.15) is 0 Å². The van der Waals surface area contributed by atoms with Crippen molar-refractivity contribution in [3.8, 4) is 0 Å². The van der Waals surface area contributed by atoms with Crippen LogP contribution in [0.3, 0.4) is 0 Å². The van der Waals surface area contributed by atoms with Crippen molar-refractivity contribution in [1.29, 1.82) is 0 Å². The van der Waals surface area contributed by atoms with Gasteiger partial charge in [0.05, 0.1) is 12.3 Å². The Bertz CT molecular complexity index is 751. The molecule has 9 heteroatoms. The van der Waals surface area contributed by atoms with Gasteiger partial charge in [-0.15, -0.1) is 24.0 Å². The zero-order valence-corrected chi connectivity index (χ0v) is 20.7. The molecule has 0 radical (unpaired) electrons. The van der Waals surface area contributed by atoms with E-state index in [4.69, 9.17) is 0 Å². The summed E-state index contributed by atoms with van der Waals surface area (Å²) in [6.45, 7) is 10.4. The molecule has 0 spiro atoms. The van der Waals surface area contributed by atoms with Crippen LogP contribution in [0, 0.1) is 11.7 Å². The molecule has 1 saturated heterocycles. The predicted molar refractivity (Wildman–Crippen MR) is 127 cm³/mol. The molecule has 0 aromatic heterocycles. The first kappa shape index (κ1) is 26.1. The van der Waals surface area contributed by atoms with Crippen molar-refractivity contribution >= 4 is 39.8 Å². The van der Waals surface area contributed by atoms with E-state index < -0.39 is 15.7 Å². The van der Waals surface area contributed by atoms with Crippen LogP contribution >= 0.6 is 24.0 Å². The maximum atomic E-state index is 13.8. The highest BCUT2D eigenvalue weighted by molar-refractivity contribution is 14.0. The summed E-state index contributed by atoms with van der Waals surface area (Å²) in [4.78, 5) is 6.61. The Hall–Kier alpha value is -0.940. The van der Waals surface area contributed by atoms with Gasteiger partial charge in [0.2, 0.25) is 0 Å². The number of rotatable bonds is 8. The van der Waals surface area contributed by atoms with Gasteiger partial charge < -0.3 is 15.5 Å². The predicted octanol–water partition coefficient (Wildman–Crippen LogP) is 2.89. The summed E-state index contributed by atoms with van der Waals surface area (Å²) < 4.78 is 38.5. The molecule has 2 rings (SSSR count). The summed E-state index contributed by atoms with van der Waals surface area (Å²) in [5.41, 5.74) is 0. The van der Waals surface area contributed by atoms with Gasteiger partial charge in [0, 0.05) is 32.2 Å². The van der Waals surface area contributed by atoms with Crippen molar-refractivity contribution in [2.75, 3.05) is 38.5 Å². The lowest BCUT2D eigenvalue weighted by atomic mass is 10.0. The molecule has 0 bridgehead atoms. The number of guanidine groups is 1. The van der Waals surface area contributed by atoms with Crippen LogP contribution in [0.15, 0.2) is 34.2 Å². The molecular formula is C20H34FIN4O2S. The number of benzene rings is 1. The van der Waals surface area contributed by atoms with E-state index in [0.29, 0.717) is 24.5 Å². The number of hydrogen-bond donors (Lipinski definition) is 2. The Morgan fingerprint density at radius 1 is 1.28 bits per heavy atom. The summed E-state index contributed by atoms with van der Waals surface area (Å²) >= 11 is 0. The minimum atomic E-state index is -3.70. The fraction of sp³-hybridized carbons (Fsp3) is 0.650. The molecule has 1 aliphatic rings. The number of piperidine rings is 1. The van der Waals surface area contributed by atoms with E-state index in [0.717, 1.165) is 38.5 Å². The van der Waals surface area contributed by atoms with E-state index in [2.05, 4.69) is 34.4 Å². The molecule has 0 amide bonds. The number of sulfone groups is 1. The maximum absolute atomic E-state index is 13.8. The molecule has 0 atom stereocenters. The van der Waals surface area contributed by atoms with E-state index in [1.807, 2.05) is 6.92 Å². The second-order valence-electron chi connectivity index (χ2n) is 7.62. The highest BCUT2D eigenvalue weighted by Gasteiger charge is 2.21. The third kappa shape index (κ3) is 8.75. The van der Waals surface area contributed by atoms with Gasteiger partial charge in [0.1, 0.15) is 10.7 Å². The van der Waals surface area contributed by atoms with Crippen LogP contribution in [0.1, 0.15) is 33.6 Å². The molecule has 0 unspecified atom stereocenters. The number of likely N-dealkylation sites (tertiary alicyclic amines) is 1. The van der Waals surface area contributed by atoms with Gasteiger partial charge in [0.25, 0.3) is 0 Å². The molecule has 6 nitrogen and oxygen atoms in total. The van der Waals surface area contributed by atoms with Gasteiger partial charge in [-0.05, 0) is 37.8 Å². The second-order valence-corrected chi connectivity index (χ2v) is 9.70. The van der Waals surface area contributed by atoms with Crippen LogP contribution in [-0.2, 0) is 9.84 Å². The minimum absolute atomic E-state index is 0. The second kappa shape index (κ2) is 12.7. The Labute approximate surface area is 191 Å². The maximum Gasteiger partial charge on any atom is 0.191 e. The summed E-state index contributed by atoms with van der Waals surface area (Å²) in [7, 11) is -3.70. The van der Waals surface area contributed by atoms with Crippen molar-refractivity contribution in [2.24, 2.45) is 10.9 Å². The summed E-state index contributed by atoms with van der Waals surface area (Å²) in [6.07, 6.45) is 2.06. The zero-order chi connectivity index (χ0) is 20.6. The lowest BCUT2D eigenvalue weighted by Crippen LogP contribution is -2.49. The van der Waals surface area contributed by atoms with Crippen molar-refractivity contribution in [2.45, 2.75) is 44.6 Å². The minimum Gasteiger partial charge on any atom is -0.357 e. The van der Waals surface area contributed by atoms with Crippen molar-refractivity contribution in [1.82, 2.24) is 15.5 Å². The van der Waals surface area contributed by atoms with Crippen molar-refractivity contribution in [3.05, 3.63) is 30.1 Å². The Kier molecular flexibility index (Phi) is 11.4. The first-order valence-corrected chi connectivity index (χ1v) is 11.7. The quantitative estimate of drug-likeness (QED) is 0.302. The molecule has 1 aromatic carbocycles. The standard InChI is InChI=1S/C20H33FN4O2S.HI/c1-4-22-20(24-17-9-12-25(13-10-17)15-16(2)3)23-11-14-28(26,27)19-8-6-5-7-18(19)21;/h5-8,16-17H,4,9-15H2,1-3H3,(H2,22,23,24);1H. The molecular weight excluding hydrogens is 506 g/mol. The number of aliphatic imine (C=N–C) groups is 1.